The van der Waals surface area contributed by atoms with Gasteiger partial charge in [0.1, 0.15) is 0 Å². The Labute approximate surface area is 246 Å². The molecule has 5 aromatic carbocycles. The number of rotatable bonds is 5. The minimum Gasteiger partial charge on any atom is -0.377 e. The molecular weight excluding hydrogens is 522 g/mol. The number of aryl methyl sites for hydroxylation is 1. The lowest BCUT2D eigenvalue weighted by atomic mass is 10.0. The molecule has 6 rings (SSSR count). The Bertz CT molecular complexity index is 1660. The SMILES string of the molecule is Cc1ccc(C(=O)N2c3ccc(-c4ccccc4N(C)C)cc3Sc3cc(-c4ccccc4N(C)C)ccc32)cc1. The zero-order valence-corrected chi connectivity index (χ0v) is 24.9. The highest BCUT2D eigenvalue weighted by Gasteiger charge is 2.30. The topological polar surface area (TPSA) is 26.8 Å². The Morgan fingerprint density at radius 2 is 1.07 bits per heavy atom. The van der Waals surface area contributed by atoms with Crippen molar-refractivity contribution in [3.63, 3.8) is 0 Å². The van der Waals surface area contributed by atoms with Crippen molar-refractivity contribution in [1.29, 1.82) is 0 Å². The van der Waals surface area contributed by atoms with Crippen LogP contribution in [0.15, 0.2) is 119 Å². The van der Waals surface area contributed by atoms with Crippen molar-refractivity contribution in [2.45, 2.75) is 16.7 Å². The average molecular weight is 556 g/mol. The van der Waals surface area contributed by atoms with Gasteiger partial charge in [0, 0.05) is 66.0 Å². The van der Waals surface area contributed by atoms with E-state index in [0.717, 1.165) is 60.4 Å². The molecule has 1 amide bonds. The molecule has 0 bridgehead atoms. The Morgan fingerprint density at radius 1 is 0.610 bits per heavy atom. The Morgan fingerprint density at radius 3 is 1.54 bits per heavy atom. The fourth-order valence-electron chi connectivity index (χ4n) is 5.40. The third kappa shape index (κ3) is 4.98. The van der Waals surface area contributed by atoms with Gasteiger partial charge in [-0.1, -0.05) is 78.0 Å². The van der Waals surface area contributed by atoms with Gasteiger partial charge in [0.25, 0.3) is 5.91 Å². The number of benzene rings is 5. The highest BCUT2D eigenvalue weighted by Crippen LogP contribution is 2.51. The highest BCUT2D eigenvalue weighted by molar-refractivity contribution is 7.99. The molecule has 5 aromatic rings. The van der Waals surface area contributed by atoms with Crippen LogP contribution in [0.4, 0.5) is 22.7 Å². The smallest absolute Gasteiger partial charge is 0.262 e. The number of hydrogen-bond acceptors (Lipinski definition) is 4. The van der Waals surface area contributed by atoms with E-state index in [-0.39, 0.29) is 5.91 Å². The largest absolute Gasteiger partial charge is 0.377 e. The van der Waals surface area contributed by atoms with E-state index in [0.29, 0.717) is 5.56 Å². The van der Waals surface area contributed by atoms with Gasteiger partial charge < -0.3 is 9.80 Å². The molecule has 0 aromatic heterocycles. The molecule has 204 valence electrons. The van der Waals surface area contributed by atoms with Crippen molar-refractivity contribution in [3.05, 3.63) is 120 Å². The minimum atomic E-state index is -0.0318. The van der Waals surface area contributed by atoms with E-state index in [4.69, 9.17) is 0 Å². The first-order valence-corrected chi connectivity index (χ1v) is 14.5. The normalized spacial score (nSPS) is 12.0. The average Bonchev–Trinajstić information content (AvgIpc) is 2.99. The predicted molar refractivity (Wildman–Crippen MR) is 174 cm³/mol. The summed E-state index contributed by atoms with van der Waals surface area (Å²) in [4.78, 5) is 22.4. The van der Waals surface area contributed by atoms with Gasteiger partial charge in [-0.15, -0.1) is 0 Å². The summed E-state index contributed by atoms with van der Waals surface area (Å²) in [6.07, 6.45) is 0. The number of para-hydroxylation sites is 2. The van der Waals surface area contributed by atoms with Gasteiger partial charge in [-0.3, -0.25) is 9.69 Å². The van der Waals surface area contributed by atoms with Crippen LogP contribution in [-0.2, 0) is 0 Å². The summed E-state index contributed by atoms with van der Waals surface area (Å²) < 4.78 is 0. The van der Waals surface area contributed by atoms with Gasteiger partial charge in [0.15, 0.2) is 0 Å². The summed E-state index contributed by atoms with van der Waals surface area (Å²) in [6, 6.07) is 37.6. The van der Waals surface area contributed by atoms with Crippen molar-refractivity contribution in [1.82, 2.24) is 0 Å². The van der Waals surface area contributed by atoms with Crippen LogP contribution < -0.4 is 14.7 Å². The second-order valence-electron chi connectivity index (χ2n) is 10.8. The fraction of sp³-hybridized carbons (Fsp3) is 0.139. The van der Waals surface area contributed by atoms with Crippen molar-refractivity contribution in [3.8, 4) is 22.3 Å². The molecule has 1 aliphatic rings. The van der Waals surface area contributed by atoms with Crippen molar-refractivity contribution in [2.24, 2.45) is 0 Å². The van der Waals surface area contributed by atoms with Crippen LogP contribution >= 0.6 is 11.8 Å². The summed E-state index contributed by atoms with van der Waals surface area (Å²) >= 11 is 1.73. The Balaban J connectivity index is 1.51. The molecule has 0 N–H and O–H groups in total. The van der Waals surface area contributed by atoms with Gasteiger partial charge in [0.2, 0.25) is 0 Å². The monoisotopic (exact) mass is 555 g/mol. The third-order valence-electron chi connectivity index (χ3n) is 7.52. The van der Waals surface area contributed by atoms with E-state index in [2.05, 4.69) is 123 Å². The number of anilines is 4. The quantitative estimate of drug-likeness (QED) is 0.216. The summed E-state index contributed by atoms with van der Waals surface area (Å²) in [5, 5.41) is 0. The zero-order valence-electron chi connectivity index (χ0n) is 24.1. The van der Waals surface area contributed by atoms with Gasteiger partial charge in [-0.25, -0.2) is 0 Å². The molecule has 0 atom stereocenters. The van der Waals surface area contributed by atoms with Crippen LogP contribution in [0, 0.1) is 6.92 Å². The number of hydrogen-bond donors (Lipinski definition) is 0. The molecule has 0 unspecified atom stereocenters. The molecule has 0 spiro atoms. The molecule has 5 heteroatoms. The third-order valence-corrected chi connectivity index (χ3v) is 8.61. The van der Waals surface area contributed by atoms with Crippen LogP contribution in [0.2, 0.25) is 0 Å². The lowest BCUT2D eigenvalue weighted by Crippen LogP contribution is -2.28. The molecule has 0 aliphatic carbocycles. The highest BCUT2D eigenvalue weighted by atomic mass is 32.2. The first-order valence-electron chi connectivity index (χ1n) is 13.7. The van der Waals surface area contributed by atoms with E-state index >= 15 is 0 Å². The zero-order chi connectivity index (χ0) is 28.7. The molecule has 0 radical (unpaired) electrons. The van der Waals surface area contributed by atoms with E-state index < -0.39 is 0 Å². The first kappa shape index (κ1) is 26.7. The molecule has 0 saturated carbocycles. The summed E-state index contributed by atoms with van der Waals surface area (Å²) in [5.41, 5.74) is 10.5. The van der Waals surface area contributed by atoms with Crippen LogP contribution in [0.3, 0.4) is 0 Å². The molecule has 41 heavy (non-hydrogen) atoms. The second kappa shape index (κ2) is 10.8. The molecule has 4 nitrogen and oxygen atoms in total. The van der Waals surface area contributed by atoms with Crippen LogP contribution in [0.1, 0.15) is 15.9 Å². The molecule has 1 heterocycles. The van der Waals surface area contributed by atoms with Crippen LogP contribution in [0.5, 0.6) is 0 Å². The lowest BCUT2D eigenvalue weighted by Gasteiger charge is -2.32. The maximum absolute atomic E-state index is 14.1. The summed E-state index contributed by atoms with van der Waals surface area (Å²) in [7, 11) is 8.27. The lowest BCUT2D eigenvalue weighted by molar-refractivity contribution is 0.0998. The Kier molecular flexibility index (Phi) is 7.06. The summed E-state index contributed by atoms with van der Waals surface area (Å²) in [5.74, 6) is -0.0318. The predicted octanol–water partition coefficient (Wildman–Crippen LogP) is 8.90. The van der Waals surface area contributed by atoms with Crippen molar-refractivity contribution in [2.75, 3.05) is 42.9 Å². The van der Waals surface area contributed by atoms with Gasteiger partial charge >= 0.3 is 0 Å². The first-order chi connectivity index (χ1) is 19.8. The van der Waals surface area contributed by atoms with Crippen LogP contribution in [0.25, 0.3) is 22.3 Å². The van der Waals surface area contributed by atoms with E-state index in [1.807, 2.05) is 36.1 Å². The molecule has 0 fully saturated rings. The molecule has 0 saturated heterocycles. The number of carbonyl (C=O) groups is 1. The maximum Gasteiger partial charge on any atom is 0.262 e. The molecule has 1 aliphatic heterocycles. The molecular formula is C36H33N3OS. The van der Waals surface area contributed by atoms with E-state index in [9.17, 15) is 4.79 Å². The second-order valence-corrected chi connectivity index (χ2v) is 11.9. The number of nitrogens with zero attached hydrogens (tertiary/aromatic N) is 3. The number of fused-ring (bicyclic) bond motifs is 2. The fourth-order valence-corrected chi connectivity index (χ4v) is 6.54. The van der Waals surface area contributed by atoms with E-state index in [1.54, 1.807) is 11.8 Å². The van der Waals surface area contributed by atoms with Gasteiger partial charge in [-0.2, -0.15) is 0 Å². The van der Waals surface area contributed by atoms with Crippen molar-refractivity contribution < 1.29 is 4.79 Å². The maximum atomic E-state index is 14.1. The van der Waals surface area contributed by atoms with E-state index in [1.165, 1.54) is 0 Å². The summed E-state index contributed by atoms with van der Waals surface area (Å²) in [6.45, 7) is 2.04. The van der Waals surface area contributed by atoms with Crippen molar-refractivity contribution >= 4 is 40.4 Å². The van der Waals surface area contributed by atoms with Gasteiger partial charge in [0.05, 0.1) is 11.4 Å². The minimum absolute atomic E-state index is 0.0318. The van der Waals surface area contributed by atoms with Crippen LogP contribution in [-0.4, -0.2) is 34.1 Å². The Hall–Kier alpha value is -4.48. The van der Waals surface area contributed by atoms with Gasteiger partial charge in [-0.05, 0) is 66.6 Å². The number of amides is 1. The number of carbonyl (C=O) groups excluding carboxylic acids is 1. The standard InChI is InChI=1S/C36H33N3OS/c1-24-14-16-25(17-15-24)36(40)39-32-20-18-26(28-10-6-8-12-30(28)37(2)3)22-34(32)41-35-23-27(19-21-33(35)39)29-11-7-9-13-31(29)38(4)5/h6-23H,1-5H3.